The summed E-state index contributed by atoms with van der Waals surface area (Å²) in [5, 5.41) is 6.42. The van der Waals surface area contributed by atoms with Gasteiger partial charge in [0, 0.05) is 12.1 Å². The molecule has 2 aromatic rings. The van der Waals surface area contributed by atoms with Gasteiger partial charge in [-0.3, -0.25) is 9.48 Å². The quantitative estimate of drug-likeness (QED) is 0.888. The lowest BCUT2D eigenvalue weighted by Gasteiger charge is -2.13. The van der Waals surface area contributed by atoms with Crippen LogP contribution in [-0.4, -0.2) is 31.7 Å². The molecular weight excluding hydrogens is 256 g/mol. The molecule has 100 valence electrons. The van der Waals surface area contributed by atoms with E-state index in [9.17, 15) is 13.6 Å². The topological polar surface area (TPSA) is 72.7 Å². The summed E-state index contributed by atoms with van der Waals surface area (Å²) in [6.45, 7) is 2.11. The highest BCUT2D eigenvalue weighted by Crippen LogP contribution is 2.06. The fourth-order valence-corrected chi connectivity index (χ4v) is 1.53. The van der Waals surface area contributed by atoms with Crippen molar-refractivity contribution < 1.29 is 13.6 Å². The van der Waals surface area contributed by atoms with E-state index in [1.807, 2.05) is 0 Å². The normalized spacial score (nSPS) is 12.2. The fraction of sp³-hybridized carbons (Fsp3) is 0.273. The average Bonchev–Trinajstić information content (AvgIpc) is 2.81. The minimum Gasteiger partial charge on any atom is -0.346 e. The van der Waals surface area contributed by atoms with E-state index >= 15 is 0 Å². The molecule has 0 aliphatic rings. The highest BCUT2D eigenvalue weighted by molar-refractivity contribution is 5.92. The Morgan fingerprint density at radius 3 is 2.95 bits per heavy atom. The SMILES string of the molecule is C[C@@H](Cn1cncn1)NC(=O)c1ncc(F)cc1F. The van der Waals surface area contributed by atoms with Gasteiger partial charge in [-0.2, -0.15) is 5.10 Å². The third-order valence-corrected chi connectivity index (χ3v) is 2.33. The van der Waals surface area contributed by atoms with Crippen molar-refractivity contribution in [1.29, 1.82) is 0 Å². The fourth-order valence-electron chi connectivity index (χ4n) is 1.53. The van der Waals surface area contributed by atoms with Gasteiger partial charge in [-0.05, 0) is 6.92 Å². The molecule has 0 unspecified atom stereocenters. The number of pyridine rings is 1. The first-order chi connectivity index (χ1) is 9.06. The predicted molar refractivity (Wildman–Crippen MR) is 61.1 cm³/mol. The Balaban J connectivity index is 2.00. The zero-order valence-electron chi connectivity index (χ0n) is 10.0. The van der Waals surface area contributed by atoms with Gasteiger partial charge in [0.1, 0.15) is 18.5 Å². The van der Waals surface area contributed by atoms with Gasteiger partial charge in [0.15, 0.2) is 11.5 Å². The lowest BCUT2D eigenvalue weighted by molar-refractivity contribution is 0.0926. The van der Waals surface area contributed by atoms with Crippen molar-refractivity contribution in [3.63, 3.8) is 0 Å². The number of nitrogens with one attached hydrogen (secondary N) is 1. The van der Waals surface area contributed by atoms with Gasteiger partial charge < -0.3 is 5.32 Å². The number of aromatic nitrogens is 4. The van der Waals surface area contributed by atoms with E-state index in [1.165, 1.54) is 17.3 Å². The highest BCUT2D eigenvalue weighted by Gasteiger charge is 2.16. The number of carbonyl (C=O) groups is 1. The molecule has 8 heteroatoms. The minimum absolute atomic E-state index is 0.305. The second-order valence-corrected chi connectivity index (χ2v) is 3.98. The van der Waals surface area contributed by atoms with Gasteiger partial charge in [-0.25, -0.2) is 18.7 Å². The van der Waals surface area contributed by atoms with Gasteiger partial charge in [-0.15, -0.1) is 0 Å². The van der Waals surface area contributed by atoms with Crippen LogP contribution in [0.15, 0.2) is 24.9 Å². The first-order valence-electron chi connectivity index (χ1n) is 5.50. The molecule has 0 fully saturated rings. The largest absolute Gasteiger partial charge is 0.346 e. The zero-order valence-corrected chi connectivity index (χ0v) is 10.0. The van der Waals surface area contributed by atoms with Gasteiger partial charge in [0.25, 0.3) is 5.91 Å². The summed E-state index contributed by atoms with van der Waals surface area (Å²) in [7, 11) is 0. The summed E-state index contributed by atoms with van der Waals surface area (Å²) >= 11 is 0. The smallest absolute Gasteiger partial charge is 0.273 e. The van der Waals surface area contributed by atoms with E-state index in [0.29, 0.717) is 12.6 Å². The van der Waals surface area contributed by atoms with Crippen LogP contribution in [-0.2, 0) is 6.54 Å². The number of nitrogens with zero attached hydrogens (tertiary/aromatic N) is 4. The van der Waals surface area contributed by atoms with Crippen molar-refractivity contribution >= 4 is 5.91 Å². The predicted octanol–water partition coefficient (Wildman–Crippen LogP) is 0.770. The molecule has 6 nitrogen and oxygen atoms in total. The van der Waals surface area contributed by atoms with E-state index in [1.54, 1.807) is 6.92 Å². The average molecular weight is 267 g/mol. The van der Waals surface area contributed by atoms with Crippen molar-refractivity contribution in [3.05, 3.63) is 42.2 Å². The Bertz CT molecular complexity index is 572. The van der Waals surface area contributed by atoms with E-state index in [0.717, 1.165) is 6.20 Å². The summed E-state index contributed by atoms with van der Waals surface area (Å²) in [4.78, 5) is 18.9. The molecule has 2 rings (SSSR count). The van der Waals surface area contributed by atoms with Gasteiger partial charge >= 0.3 is 0 Å². The Morgan fingerprint density at radius 1 is 1.53 bits per heavy atom. The Hall–Kier alpha value is -2.38. The monoisotopic (exact) mass is 267 g/mol. The maximum Gasteiger partial charge on any atom is 0.273 e. The van der Waals surface area contributed by atoms with Crippen LogP contribution in [0.5, 0.6) is 0 Å². The molecule has 2 aromatic heterocycles. The summed E-state index contributed by atoms with van der Waals surface area (Å²) in [6.07, 6.45) is 3.66. The van der Waals surface area contributed by atoms with Gasteiger partial charge in [0.05, 0.1) is 12.7 Å². The number of hydrogen-bond acceptors (Lipinski definition) is 4. The summed E-state index contributed by atoms with van der Waals surface area (Å²) in [5.74, 6) is -2.53. The van der Waals surface area contributed by atoms with Crippen LogP contribution in [0.3, 0.4) is 0 Å². The Morgan fingerprint density at radius 2 is 2.32 bits per heavy atom. The molecule has 0 saturated heterocycles. The summed E-state index contributed by atoms with van der Waals surface area (Å²) < 4.78 is 27.5. The molecule has 1 amide bonds. The maximum atomic E-state index is 13.3. The summed E-state index contributed by atoms with van der Waals surface area (Å²) in [5.41, 5.74) is -0.438. The molecule has 0 aliphatic carbocycles. The van der Waals surface area contributed by atoms with Crippen LogP contribution < -0.4 is 5.32 Å². The minimum atomic E-state index is -0.995. The Labute approximate surface area is 107 Å². The van der Waals surface area contributed by atoms with Gasteiger partial charge in [-0.1, -0.05) is 0 Å². The Kier molecular flexibility index (Phi) is 3.79. The van der Waals surface area contributed by atoms with Crippen LogP contribution in [0.25, 0.3) is 0 Å². The molecule has 0 spiro atoms. The lowest BCUT2D eigenvalue weighted by atomic mass is 10.2. The molecule has 0 bridgehead atoms. The molecule has 0 aromatic carbocycles. The van der Waals surface area contributed by atoms with Crippen molar-refractivity contribution in [2.45, 2.75) is 19.5 Å². The van der Waals surface area contributed by atoms with Crippen LogP contribution in [0.1, 0.15) is 17.4 Å². The maximum absolute atomic E-state index is 13.3. The van der Waals surface area contributed by atoms with E-state index in [4.69, 9.17) is 0 Å². The van der Waals surface area contributed by atoms with E-state index < -0.39 is 23.2 Å². The van der Waals surface area contributed by atoms with Crippen LogP contribution in [0.4, 0.5) is 8.78 Å². The van der Waals surface area contributed by atoms with Crippen molar-refractivity contribution in [1.82, 2.24) is 25.1 Å². The van der Waals surface area contributed by atoms with Crippen LogP contribution in [0.2, 0.25) is 0 Å². The van der Waals surface area contributed by atoms with E-state index in [2.05, 4.69) is 20.4 Å². The number of amides is 1. The molecule has 0 radical (unpaired) electrons. The first-order valence-corrected chi connectivity index (χ1v) is 5.50. The van der Waals surface area contributed by atoms with Crippen molar-refractivity contribution in [3.8, 4) is 0 Å². The zero-order chi connectivity index (χ0) is 13.8. The molecule has 19 heavy (non-hydrogen) atoms. The molecule has 1 N–H and O–H groups in total. The standard InChI is InChI=1S/C11H11F2N5O/c1-7(4-18-6-14-5-16-18)17-11(19)10-9(13)2-8(12)3-15-10/h2-3,5-7H,4H2,1H3,(H,17,19)/t7-/m0/s1. The third kappa shape index (κ3) is 3.30. The second-order valence-electron chi connectivity index (χ2n) is 3.98. The number of hydrogen-bond donors (Lipinski definition) is 1. The first kappa shape index (κ1) is 13.1. The number of halogens is 2. The van der Waals surface area contributed by atoms with Crippen molar-refractivity contribution in [2.75, 3.05) is 0 Å². The van der Waals surface area contributed by atoms with Gasteiger partial charge in [0.2, 0.25) is 0 Å². The lowest BCUT2D eigenvalue weighted by Crippen LogP contribution is -2.36. The highest BCUT2D eigenvalue weighted by atomic mass is 19.1. The van der Waals surface area contributed by atoms with E-state index in [-0.39, 0.29) is 6.04 Å². The number of rotatable bonds is 4. The van der Waals surface area contributed by atoms with Crippen molar-refractivity contribution in [2.24, 2.45) is 0 Å². The van der Waals surface area contributed by atoms with Crippen LogP contribution >= 0.6 is 0 Å². The summed E-state index contributed by atoms with van der Waals surface area (Å²) in [6, 6.07) is 0.310. The molecular formula is C11H11F2N5O. The molecule has 0 saturated carbocycles. The third-order valence-electron chi connectivity index (χ3n) is 2.33. The second kappa shape index (κ2) is 5.51. The molecule has 0 aliphatic heterocycles. The van der Waals surface area contributed by atoms with Crippen LogP contribution in [0, 0.1) is 11.6 Å². The molecule has 2 heterocycles. The number of carbonyl (C=O) groups excluding carboxylic acids is 1. The molecule has 1 atom stereocenters.